The molecule has 1 aliphatic heterocycles. The highest BCUT2D eigenvalue weighted by Gasteiger charge is 2.18. The Hall–Kier alpha value is -3.39. The lowest BCUT2D eigenvalue weighted by molar-refractivity contribution is -0.118. The summed E-state index contributed by atoms with van der Waals surface area (Å²) < 4.78 is 7.33. The summed E-state index contributed by atoms with van der Waals surface area (Å²) in [6.45, 7) is 6.13. The zero-order valence-corrected chi connectivity index (χ0v) is 18.4. The molecule has 4 rings (SSSR count). The number of ether oxygens (including phenoxy) is 1. The maximum Gasteiger partial charge on any atom is 0.262 e. The summed E-state index contributed by atoms with van der Waals surface area (Å²) in [5, 5.41) is 19.4. The van der Waals surface area contributed by atoms with Gasteiger partial charge < -0.3 is 15.2 Å². The number of amides is 1. The van der Waals surface area contributed by atoms with Crippen molar-refractivity contribution in [3.8, 4) is 22.8 Å². The Kier molecular flexibility index (Phi) is 5.90. The Labute approximate surface area is 184 Å². The van der Waals surface area contributed by atoms with E-state index in [0.717, 1.165) is 27.3 Å². The molecule has 0 bridgehead atoms. The number of carbonyl (C=O) groups excluding carboxylic acids is 1. The number of aromatic nitrogens is 1. The van der Waals surface area contributed by atoms with Gasteiger partial charge in [0, 0.05) is 17.0 Å². The highest BCUT2D eigenvalue weighted by atomic mass is 32.1. The minimum atomic E-state index is -0.169. The van der Waals surface area contributed by atoms with Gasteiger partial charge in [-0.2, -0.15) is 5.10 Å². The van der Waals surface area contributed by atoms with Crippen LogP contribution in [0.5, 0.6) is 11.5 Å². The van der Waals surface area contributed by atoms with Crippen molar-refractivity contribution in [3.05, 3.63) is 58.2 Å². The van der Waals surface area contributed by atoms with E-state index in [0.29, 0.717) is 17.9 Å². The second kappa shape index (κ2) is 8.77. The topological polar surface area (TPSA) is 88.2 Å². The van der Waals surface area contributed by atoms with Crippen molar-refractivity contribution < 1.29 is 14.6 Å². The van der Waals surface area contributed by atoms with Crippen molar-refractivity contribution in [3.63, 3.8) is 0 Å². The van der Waals surface area contributed by atoms with Crippen LogP contribution in [-0.2, 0) is 4.79 Å². The Morgan fingerprint density at radius 3 is 2.74 bits per heavy atom. The number of hydrogen-bond donors (Lipinski definition) is 2. The van der Waals surface area contributed by atoms with Gasteiger partial charge in [0.15, 0.2) is 6.61 Å². The number of aromatic hydroxyl groups is 1. The fourth-order valence-corrected chi connectivity index (χ4v) is 4.22. The van der Waals surface area contributed by atoms with Crippen LogP contribution in [0.25, 0.3) is 11.3 Å². The van der Waals surface area contributed by atoms with Crippen LogP contribution in [0.2, 0.25) is 0 Å². The van der Waals surface area contributed by atoms with Gasteiger partial charge >= 0.3 is 0 Å². The van der Waals surface area contributed by atoms with Crippen molar-refractivity contribution in [2.45, 2.75) is 33.2 Å². The van der Waals surface area contributed by atoms with E-state index in [2.05, 4.69) is 5.32 Å². The van der Waals surface area contributed by atoms with Gasteiger partial charge in [0.2, 0.25) is 4.80 Å². The Morgan fingerprint density at radius 1 is 1.26 bits per heavy atom. The maximum absolute atomic E-state index is 11.7. The average Bonchev–Trinajstić information content (AvgIpc) is 3.13. The van der Waals surface area contributed by atoms with Crippen LogP contribution < -0.4 is 14.9 Å². The average molecular weight is 437 g/mol. The molecule has 1 amide bonds. The Morgan fingerprint density at radius 2 is 2.03 bits per heavy atom. The highest BCUT2D eigenvalue weighted by Crippen LogP contribution is 2.33. The number of thiazole rings is 1. The largest absolute Gasteiger partial charge is 0.508 e. The lowest BCUT2D eigenvalue weighted by Gasteiger charge is -2.18. The monoisotopic (exact) mass is 436 g/mol. The maximum atomic E-state index is 11.7. The second-order valence-corrected chi connectivity index (χ2v) is 8.27. The molecular formula is C23H24N4O3S. The molecule has 7 nitrogen and oxygen atoms in total. The van der Waals surface area contributed by atoms with Gasteiger partial charge in [-0.1, -0.05) is 6.92 Å². The minimum absolute atomic E-state index is 0.0268. The van der Waals surface area contributed by atoms with Crippen LogP contribution in [-0.4, -0.2) is 34.1 Å². The van der Waals surface area contributed by atoms with Crippen LogP contribution in [0, 0.1) is 0 Å². The molecule has 0 spiro atoms. The van der Waals surface area contributed by atoms with Crippen molar-refractivity contribution in [1.29, 1.82) is 0 Å². The van der Waals surface area contributed by atoms with E-state index >= 15 is 0 Å². The van der Waals surface area contributed by atoms with Gasteiger partial charge in [-0.3, -0.25) is 9.79 Å². The molecule has 0 saturated carbocycles. The number of rotatable bonds is 5. The molecule has 2 heterocycles. The molecule has 1 aliphatic rings. The van der Waals surface area contributed by atoms with Gasteiger partial charge in [0.25, 0.3) is 5.91 Å². The molecule has 8 heteroatoms. The van der Waals surface area contributed by atoms with Crippen molar-refractivity contribution in [2.24, 2.45) is 10.1 Å². The number of nitrogens with one attached hydrogen (secondary N) is 1. The molecule has 1 aromatic heterocycles. The van der Waals surface area contributed by atoms with Crippen LogP contribution >= 0.6 is 11.3 Å². The van der Waals surface area contributed by atoms with Gasteiger partial charge in [0.05, 0.1) is 17.1 Å². The van der Waals surface area contributed by atoms with Crippen LogP contribution in [0.4, 0.5) is 5.69 Å². The van der Waals surface area contributed by atoms with E-state index in [1.165, 1.54) is 11.3 Å². The number of nitrogens with zero attached hydrogens (tertiary/aromatic N) is 3. The first-order valence-electron chi connectivity index (χ1n) is 10.1. The van der Waals surface area contributed by atoms with E-state index in [1.54, 1.807) is 12.1 Å². The molecular weight excluding hydrogens is 412 g/mol. The van der Waals surface area contributed by atoms with E-state index < -0.39 is 0 Å². The quantitative estimate of drug-likeness (QED) is 0.587. The lowest BCUT2D eigenvalue weighted by Crippen LogP contribution is -2.25. The fraction of sp³-hybridized carbons (Fsp3) is 0.261. The number of anilines is 1. The first kappa shape index (κ1) is 20.9. The predicted molar refractivity (Wildman–Crippen MR) is 123 cm³/mol. The summed E-state index contributed by atoms with van der Waals surface area (Å²) in [4.78, 5) is 17.3. The van der Waals surface area contributed by atoms with Gasteiger partial charge in [-0.05, 0) is 68.3 Å². The number of carbonyl (C=O) groups is 1. The summed E-state index contributed by atoms with van der Waals surface area (Å²) in [6.07, 6.45) is 0.711. The predicted octanol–water partition coefficient (Wildman–Crippen LogP) is 4.22. The molecule has 2 aromatic carbocycles. The standard InChI is InChI=1S/C23H24N4O3S/c1-4-18(15-5-8-17(28)9-6-15)26-27-20(13-31-23(27)24-14(2)3)16-7-10-21-19(11-16)25-22(29)12-30-21/h5-11,13-14,28H,4,12H2,1-3H3,(H,25,29). The smallest absolute Gasteiger partial charge is 0.262 e. The molecule has 160 valence electrons. The molecule has 0 fully saturated rings. The van der Waals surface area contributed by atoms with Crippen molar-refractivity contribution >= 4 is 28.6 Å². The lowest BCUT2D eigenvalue weighted by atomic mass is 10.1. The van der Waals surface area contributed by atoms with Crippen LogP contribution in [0.3, 0.4) is 0 Å². The van der Waals surface area contributed by atoms with Crippen molar-refractivity contribution in [2.75, 3.05) is 11.9 Å². The Bertz CT molecular complexity index is 1210. The first-order chi connectivity index (χ1) is 14.9. The molecule has 0 radical (unpaired) electrons. The number of fused-ring (bicyclic) bond motifs is 1. The highest BCUT2D eigenvalue weighted by molar-refractivity contribution is 7.07. The zero-order chi connectivity index (χ0) is 22.0. The van der Waals surface area contributed by atoms with Gasteiger partial charge in [-0.25, -0.2) is 4.68 Å². The zero-order valence-electron chi connectivity index (χ0n) is 17.6. The second-order valence-electron chi connectivity index (χ2n) is 7.43. The van der Waals surface area contributed by atoms with Crippen LogP contribution in [0.15, 0.2) is 57.9 Å². The molecule has 31 heavy (non-hydrogen) atoms. The molecule has 0 unspecified atom stereocenters. The van der Waals surface area contributed by atoms with Gasteiger partial charge in [0.1, 0.15) is 11.5 Å². The third-order valence-electron chi connectivity index (χ3n) is 4.72. The SMILES string of the molecule is CCC(=Nn1c(-c2ccc3c(c2)NC(=O)CO3)csc1=NC(C)C)c1ccc(O)cc1. The number of hydrogen-bond acceptors (Lipinski definition) is 6. The number of benzene rings is 2. The molecule has 0 saturated heterocycles. The normalized spacial score (nSPS) is 14.4. The Balaban J connectivity index is 1.85. The summed E-state index contributed by atoms with van der Waals surface area (Å²) in [7, 11) is 0. The summed E-state index contributed by atoms with van der Waals surface area (Å²) in [5.41, 5.74) is 4.23. The third-order valence-corrected chi connectivity index (χ3v) is 5.55. The summed E-state index contributed by atoms with van der Waals surface area (Å²) in [6, 6.07) is 12.8. The van der Waals surface area contributed by atoms with E-state index in [9.17, 15) is 9.90 Å². The van der Waals surface area contributed by atoms with E-state index in [-0.39, 0.29) is 24.3 Å². The fourth-order valence-electron chi connectivity index (χ4n) is 3.25. The van der Waals surface area contributed by atoms with Crippen molar-refractivity contribution in [1.82, 2.24) is 4.68 Å². The number of phenolic OH excluding ortho intramolecular Hbond substituents is 1. The van der Waals surface area contributed by atoms with Gasteiger partial charge in [-0.15, -0.1) is 11.3 Å². The van der Waals surface area contributed by atoms with E-state index in [1.807, 2.05) is 61.2 Å². The summed E-state index contributed by atoms with van der Waals surface area (Å²) >= 11 is 1.52. The molecule has 0 atom stereocenters. The molecule has 0 aliphatic carbocycles. The summed E-state index contributed by atoms with van der Waals surface area (Å²) in [5.74, 6) is 0.702. The number of phenols is 1. The first-order valence-corrected chi connectivity index (χ1v) is 11.0. The van der Waals surface area contributed by atoms with E-state index in [4.69, 9.17) is 14.8 Å². The molecule has 3 aromatic rings. The van der Waals surface area contributed by atoms with Crippen LogP contribution in [0.1, 0.15) is 32.8 Å². The molecule has 2 N–H and O–H groups in total. The third kappa shape index (κ3) is 4.54. The minimum Gasteiger partial charge on any atom is -0.508 e.